The second-order valence-corrected chi connectivity index (χ2v) is 11.2. The van der Waals surface area contributed by atoms with Crippen molar-refractivity contribution < 1.29 is 9.59 Å². The van der Waals surface area contributed by atoms with E-state index in [4.69, 9.17) is 11.5 Å². The fraction of sp³-hybridized carbons (Fsp3) is 0.933. The number of nitrogens with zero attached hydrogens (tertiary/aromatic N) is 1. The van der Waals surface area contributed by atoms with E-state index in [1.165, 1.54) is 116 Å². The Balaban J connectivity index is 2.33. The van der Waals surface area contributed by atoms with Crippen LogP contribution in [0.3, 0.4) is 0 Å². The van der Waals surface area contributed by atoms with E-state index < -0.39 is 11.8 Å². The van der Waals surface area contributed by atoms with E-state index in [1.54, 1.807) is 0 Å². The molecule has 3 unspecified atom stereocenters. The fourth-order valence-electron chi connectivity index (χ4n) is 5.91. The van der Waals surface area contributed by atoms with Crippen molar-refractivity contribution in [3.63, 3.8) is 0 Å². The highest BCUT2D eigenvalue weighted by atomic mass is 16.2. The van der Waals surface area contributed by atoms with Crippen LogP contribution in [0.5, 0.6) is 0 Å². The van der Waals surface area contributed by atoms with Gasteiger partial charge in [0.05, 0.1) is 11.8 Å². The first-order valence-corrected chi connectivity index (χ1v) is 15.4. The maximum Gasteiger partial charge on any atom is 0.222 e. The average Bonchev–Trinajstić information content (AvgIpc) is 3.20. The molecule has 206 valence electrons. The Hall–Kier alpha value is -1.10. The van der Waals surface area contributed by atoms with E-state index >= 15 is 0 Å². The summed E-state index contributed by atoms with van der Waals surface area (Å²) in [7, 11) is 0. The van der Waals surface area contributed by atoms with E-state index in [9.17, 15) is 9.59 Å². The van der Waals surface area contributed by atoms with E-state index in [1.807, 2.05) is 0 Å². The SMILES string of the molecule is CCCCCCCCCCCCC1C(C(N)=O)C(C(N)=O)CN1CCCCCCCCCCCC. The molecule has 35 heavy (non-hydrogen) atoms. The van der Waals surface area contributed by atoms with E-state index in [2.05, 4.69) is 18.7 Å². The summed E-state index contributed by atoms with van der Waals surface area (Å²) in [6, 6.07) is 0.0811. The molecule has 1 aliphatic heterocycles. The van der Waals surface area contributed by atoms with Crippen LogP contribution >= 0.6 is 0 Å². The summed E-state index contributed by atoms with van der Waals surface area (Å²) >= 11 is 0. The Kier molecular flexibility index (Phi) is 19.2. The molecule has 0 bridgehead atoms. The van der Waals surface area contributed by atoms with Crippen molar-refractivity contribution in [2.24, 2.45) is 23.3 Å². The van der Waals surface area contributed by atoms with Gasteiger partial charge < -0.3 is 11.5 Å². The van der Waals surface area contributed by atoms with Crippen LogP contribution in [0.2, 0.25) is 0 Å². The molecular weight excluding hydrogens is 434 g/mol. The summed E-state index contributed by atoms with van der Waals surface area (Å²) in [5.41, 5.74) is 11.5. The predicted molar refractivity (Wildman–Crippen MR) is 149 cm³/mol. The van der Waals surface area contributed by atoms with E-state index in [0.29, 0.717) is 6.54 Å². The third kappa shape index (κ3) is 14.3. The highest BCUT2D eigenvalue weighted by Gasteiger charge is 2.46. The minimum atomic E-state index is -0.427. The smallest absolute Gasteiger partial charge is 0.222 e. The van der Waals surface area contributed by atoms with Gasteiger partial charge in [-0.05, 0) is 19.4 Å². The third-order valence-corrected chi connectivity index (χ3v) is 8.09. The van der Waals surface area contributed by atoms with Gasteiger partial charge in [-0.1, -0.05) is 136 Å². The van der Waals surface area contributed by atoms with Crippen LogP contribution in [0, 0.1) is 11.8 Å². The molecular formula is C30H59N3O2. The van der Waals surface area contributed by atoms with Gasteiger partial charge in [0.2, 0.25) is 11.8 Å². The number of nitrogens with two attached hydrogens (primary N) is 2. The number of likely N-dealkylation sites (tertiary alicyclic amines) is 1. The quantitative estimate of drug-likeness (QED) is 0.140. The van der Waals surface area contributed by atoms with Crippen LogP contribution in [-0.4, -0.2) is 35.8 Å². The lowest BCUT2D eigenvalue weighted by Crippen LogP contribution is -2.41. The monoisotopic (exact) mass is 493 g/mol. The fourth-order valence-corrected chi connectivity index (χ4v) is 5.91. The van der Waals surface area contributed by atoms with Crippen molar-refractivity contribution in [2.75, 3.05) is 13.1 Å². The number of primary amides is 2. The second kappa shape index (κ2) is 21.0. The molecule has 0 aromatic carbocycles. The molecule has 1 aliphatic rings. The minimum absolute atomic E-state index is 0.0811. The molecule has 5 heteroatoms. The van der Waals surface area contributed by atoms with Crippen LogP contribution in [0.1, 0.15) is 149 Å². The first-order valence-electron chi connectivity index (χ1n) is 15.4. The van der Waals surface area contributed by atoms with Gasteiger partial charge in [0.1, 0.15) is 0 Å². The van der Waals surface area contributed by atoms with Gasteiger partial charge in [-0.2, -0.15) is 0 Å². The Bertz CT molecular complexity index is 540. The molecule has 3 atom stereocenters. The van der Waals surface area contributed by atoms with Crippen LogP contribution in [-0.2, 0) is 9.59 Å². The van der Waals surface area contributed by atoms with Gasteiger partial charge in [0.25, 0.3) is 0 Å². The number of hydrogen-bond acceptors (Lipinski definition) is 3. The van der Waals surface area contributed by atoms with Gasteiger partial charge in [-0.15, -0.1) is 0 Å². The summed E-state index contributed by atoms with van der Waals surface area (Å²) in [4.78, 5) is 26.7. The maximum absolute atomic E-state index is 12.3. The van der Waals surface area contributed by atoms with Crippen molar-refractivity contribution in [1.29, 1.82) is 0 Å². The zero-order valence-electron chi connectivity index (χ0n) is 23.4. The highest BCUT2D eigenvalue weighted by molar-refractivity contribution is 5.87. The van der Waals surface area contributed by atoms with Crippen LogP contribution < -0.4 is 11.5 Å². The molecule has 1 rings (SSSR count). The molecule has 5 nitrogen and oxygen atoms in total. The second-order valence-electron chi connectivity index (χ2n) is 11.2. The summed E-state index contributed by atoms with van der Waals surface area (Å²) in [6.45, 7) is 6.08. The first-order chi connectivity index (χ1) is 17.0. The van der Waals surface area contributed by atoms with Crippen molar-refractivity contribution in [1.82, 2.24) is 4.90 Å². The number of amides is 2. The molecule has 0 saturated carbocycles. The summed E-state index contributed by atoms with van der Waals surface area (Å²) in [5, 5.41) is 0. The topological polar surface area (TPSA) is 89.4 Å². The Morgan fingerprint density at radius 3 is 1.40 bits per heavy atom. The van der Waals surface area contributed by atoms with E-state index in [0.717, 1.165) is 25.8 Å². The van der Waals surface area contributed by atoms with Gasteiger partial charge in [0.15, 0.2) is 0 Å². The summed E-state index contributed by atoms with van der Waals surface area (Å²) in [5.74, 6) is -1.57. The van der Waals surface area contributed by atoms with Crippen molar-refractivity contribution in [3.05, 3.63) is 0 Å². The number of carbonyl (C=O) groups excluding carboxylic acids is 2. The Morgan fingerprint density at radius 2 is 1.00 bits per heavy atom. The molecule has 0 aromatic heterocycles. The lowest BCUT2D eigenvalue weighted by Gasteiger charge is -2.27. The number of carbonyl (C=O) groups is 2. The Morgan fingerprint density at radius 1 is 0.600 bits per heavy atom. The molecule has 2 amide bonds. The highest BCUT2D eigenvalue weighted by Crippen LogP contribution is 2.33. The average molecular weight is 494 g/mol. The first kappa shape index (κ1) is 31.9. The molecule has 0 aromatic rings. The van der Waals surface area contributed by atoms with Gasteiger partial charge in [-0.3, -0.25) is 14.5 Å². The molecule has 0 aliphatic carbocycles. The molecule has 1 heterocycles. The minimum Gasteiger partial charge on any atom is -0.369 e. The zero-order chi connectivity index (χ0) is 25.7. The van der Waals surface area contributed by atoms with E-state index in [-0.39, 0.29) is 17.9 Å². The molecule has 1 fully saturated rings. The maximum atomic E-state index is 12.3. The number of unbranched alkanes of at least 4 members (excludes halogenated alkanes) is 18. The zero-order valence-corrected chi connectivity index (χ0v) is 23.4. The third-order valence-electron chi connectivity index (χ3n) is 8.09. The largest absolute Gasteiger partial charge is 0.369 e. The molecule has 4 N–H and O–H groups in total. The van der Waals surface area contributed by atoms with Crippen molar-refractivity contribution in [2.45, 2.75) is 155 Å². The number of rotatable bonds is 24. The lowest BCUT2D eigenvalue weighted by atomic mass is 9.86. The van der Waals surface area contributed by atoms with Crippen LogP contribution in [0.4, 0.5) is 0 Å². The molecule has 0 spiro atoms. The number of hydrogen-bond donors (Lipinski definition) is 2. The lowest BCUT2D eigenvalue weighted by molar-refractivity contribution is -0.130. The molecule has 1 saturated heterocycles. The van der Waals surface area contributed by atoms with Gasteiger partial charge in [0, 0.05) is 12.6 Å². The van der Waals surface area contributed by atoms with Crippen LogP contribution in [0.25, 0.3) is 0 Å². The summed E-state index contributed by atoms with van der Waals surface area (Å²) < 4.78 is 0. The van der Waals surface area contributed by atoms with Crippen LogP contribution in [0.15, 0.2) is 0 Å². The Labute approximate surface area is 217 Å². The summed E-state index contributed by atoms with van der Waals surface area (Å²) in [6.07, 6.45) is 27.1. The van der Waals surface area contributed by atoms with Crippen molar-refractivity contribution >= 4 is 11.8 Å². The molecule has 0 radical (unpaired) electrons. The van der Waals surface area contributed by atoms with Gasteiger partial charge in [-0.25, -0.2) is 0 Å². The van der Waals surface area contributed by atoms with Gasteiger partial charge >= 0.3 is 0 Å². The predicted octanol–water partition coefficient (Wildman–Crippen LogP) is 7.11. The standard InChI is InChI=1S/C30H59N3O2/c1-3-5-7-9-11-13-15-17-19-21-23-27-28(30(32)35)26(29(31)34)25-33(27)24-22-20-18-16-14-12-10-8-6-4-2/h26-28H,3-25H2,1-2H3,(H2,31,34)(H2,32,35). The van der Waals surface area contributed by atoms with Crippen molar-refractivity contribution in [3.8, 4) is 0 Å². The normalized spacial score (nSPS) is 20.5.